The summed E-state index contributed by atoms with van der Waals surface area (Å²) < 4.78 is 0. The van der Waals surface area contributed by atoms with Gasteiger partial charge in [0.25, 0.3) is 0 Å². The van der Waals surface area contributed by atoms with Gasteiger partial charge in [-0.2, -0.15) is 0 Å². The number of rotatable bonds is 2. The van der Waals surface area contributed by atoms with Gasteiger partial charge < -0.3 is 4.90 Å². The number of anilines is 1. The Hall–Kier alpha value is -1.02. The molecular weight excluding hydrogens is 210 g/mol. The van der Waals surface area contributed by atoms with Crippen LogP contribution in [0.15, 0.2) is 24.3 Å². The van der Waals surface area contributed by atoms with Crippen LogP contribution >= 0.6 is 11.6 Å². The Morgan fingerprint density at radius 3 is 2.47 bits per heavy atom. The molecule has 2 nitrogen and oxygen atoms in total. The van der Waals surface area contributed by atoms with Gasteiger partial charge in [0.15, 0.2) is 0 Å². The summed E-state index contributed by atoms with van der Waals surface area (Å²) in [5.74, 6) is 0.224. The van der Waals surface area contributed by atoms with E-state index in [1.165, 1.54) is 0 Å². The third-order valence-corrected chi connectivity index (χ3v) is 2.99. The fourth-order valence-electron chi connectivity index (χ4n) is 1.84. The summed E-state index contributed by atoms with van der Waals surface area (Å²) in [5.41, 5.74) is 2.07. The SMILES string of the molecule is CC(Cl)c1ccc(N2CCCC2=O)cc1. The quantitative estimate of drug-likeness (QED) is 0.706. The second kappa shape index (κ2) is 4.23. The minimum Gasteiger partial charge on any atom is -0.312 e. The topological polar surface area (TPSA) is 20.3 Å². The predicted molar refractivity (Wildman–Crippen MR) is 62.3 cm³/mol. The number of amides is 1. The van der Waals surface area contributed by atoms with Gasteiger partial charge in [-0.3, -0.25) is 4.79 Å². The molecule has 1 aromatic rings. The van der Waals surface area contributed by atoms with E-state index in [1.54, 1.807) is 0 Å². The van der Waals surface area contributed by atoms with E-state index in [-0.39, 0.29) is 11.3 Å². The monoisotopic (exact) mass is 223 g/mol. The maximum atomic E-state index is 11.5. The van der Waals surface area contributed by atoms with Crippen LogP contribution in [0.5, 0.6) is 0 Å². The zero-order valence-electron chi connectivity index (χ0n) is 8.74. The summed E-state index contributed by atoms with van der Waals surface area (Å²) >= 11 is 5.96. The van der Waals surface area contributed by atoms with E-state index < -0.39 is 0 Å². The van der Waals surface area contributed by atoms with Crippen LogP contribution in [-0.4, -0.2) is 12.5 Å². The maximum absolute atomic E-state index is 11.5. The molecule has 0 saturated carbocycles. The van der Waals surface area contributed by atoms with Gasteiger partial charge in [0.1, 0.15) is 0 Å². The van der Waals surface area contributed by atoms with E-state index >= 15 is 0 Å². The molecular formula is C12H14ClNO. The van der Waals surface area contributed by atoms with E-state index in [0.717, 1.165) is 24.2 Å². The number of benzene rings is 1. The molecule has 2 rings (SSSR count). The highest BCUT2D eigenvalue weighted by molar-refractivity contribution is 6.20. The first kappa shape index (κ1) is 10.5. The van der Waals surface area contributed by atoms with Crippen molar-refractivity contribution in [2.75, 3.05) is 11.4 Å². The Kier molecular flexibility index (Phi) is 2.96. The Labute approximate surface area is 94.8 Å². The molecule has 1 saturated heterocycles. The molecule has 15 heavy (non-hydrogen) atoms. The molecule has 1 amide bonds. The van der Waals surface area contributed by atoms with Crippen molar-refractivity contribution >= 4 is 23.2 Å². The number of halogens is 1. The molecule has 1 fully saturated rings. The maximum Gasteiger partial charge on any atom is 0.227 e. The zero-order chi connectivity index (χ0) is 10.8. The third kappa shape index (κ3) is 2.15. The molecule has 1 atom stereocenters. The number of alkyl halides is 1. The molecule has 0 radical (unpaired) electrons. The normalized spacial score (nSPS) is 18.3. The first-order valence-electron chi connectivity index (χ1n) is 5.23. The Bertz CT molecular complexity index is 358. The molecule has 1 unspecified atom stereocenters. The molecule has 1 aromatic carbocycles. The van der Waals surface area contributed by atoms with Crippen molar-refractivity contribution in [2.45, 2.75) is 25.1 Å². The van der Waals surface area contributed by atoms with Gasteiger partial charge in [0.2, 0.25) is 5.91 Å². The molecule has 0 aromatic heterocycles. The van der Waals surface area contributed by atoms with Crippen molar-refractivity contribution in [3.05, 3.63) is 29.8 Å². The Balaban J connectivity index is 2.19. The molecule has 1 aliphatic heterocycles. The van der Waals surface area contributed by atoms with Crippen LogP contribution in [-0.2, 0) is 4.79 Å². The van der Waals surface area contributed by atoms with Gasteiger partial charge in [-0.05, 0) is 31.0 Å². The second-order valence-electron chi connectivity index (χ2n) is 3.86. The van der Waals surface area contributed by atoms with E-state index in [2.05, 4.69) is 0 Å². The van der Waals surface area contributed by atoms with Gasteiger partial charge >= 0.3 is 0 Å². The van der Waals surface area contributed by atoms with Crippen molar-refractivity contribution in [1.29, 1.82) is 0 Å². The Morgan fingerprint density at radius 1 is 1.33 bits per heavy atom. The highest BCUT2D eigenvalue weighted by Crippen LogP contribution is 2.25. The van der Waals surface area contributed by atoms with Crippen molar-refractivity contribution < 1.29 is 4.79 Å². The van der Waals surface area contributed by atoms with Crippen LogP contribution in [0.4, 0.5) is 5.69 Å². The average molecular weight is 224 g/mol. The average Bonchev–Trinajstić information content (AvgIpc) is 2.65. The molecule has 1 heterocycles. The standard InChI is InChI=1S/C12H14ClNO/c1-9(13)10-4-6-11(7-5-10)14-8-2-3-12(14)15/h4-7,9H,2-3,8H2,1H3. The number of hydrogen-bond acceptors (Lipinski definition) is 1. The molecule has 0 N–H and O–H groups in total. The number of carbonyl (C=O) groups is 1. The summed E-state index contributed by atoms with van der Waals surface area (Å²) in [5, 5.41) is 0.0216. The van der Waals surface area contributed by atoms with Crippen molar-refractivity contribution in [3.8, 4) is 0 Å². The summed E-state index contributed by atoms with van der Waals surface area (Å²) in [6.45, 7) is 2.78. The lowest BCUT2D eigenvalue weighted by molar-refractivity contribution is -0.117. The zero-order valence-corrected chi connectivity index (χ0v) is 9.50. The van der Waals surface area contributed by atoms with Gasteiger partial charge in [0.05, 0.1) is 5.38 Å². The van der Waals surface area contributed by atoms with E-state index in [0.29, 0.717) is 6.42 Å². The van der Waals surface area contributed by atoms with E-state index in [4.69, 9.17) is 11.6 Å². The van der Waals surface area contributed by atoms with Gasteiger partial charge in [-0.25, -0.2) is 0 Å². The highest BCUT2D eigenvalue weighted by Gasteiger charge is 2.21. The first-order chi connectivity index (χ1) is 7.18. The first-order valence-corrected chi connectivity index (χ1v) is 5.66. The third-order valence-electron chi connectivity index (χ3n) is 2.74. The minimum absolute atomic E-state index is 0.0216. The van der Waals surface area contributed by atoms with Crippen molar-refractivity contribution in [2.24, 2.45) is 0 Å². The van der Waals surface area contributed by atoms with Crippen LogP contribution in [0.2, 0.25) is 0 Å². The molecule has 0 bridgehead atoms. The van der Waals surface area contributed by atoms with Crippen LogP contribution in [0.3, 0.4) is 0 Å². The lowest BCUT2D eigenvalue weighted by atomic mass is 10.1. The lowest BCUT2D eigenvalue weighted by Gasteiger charge is -2.16. The molecule has 0 spiro atoms. The van der Waals surface area contributed by atoms with E-state index in [9.17, 15) is 4.79 Å². The molecule has 0 aliphatic carbocycles. The summed E-state index contributed by atoms with van der Waals surface area (Å²) in [6, 6.07) is 7.91. The lowest BCUT2D eigenvalue weighted by Crippen LogP contribution is -2.23. The number of nitrogens with zero attached hydrogens (tertiary/aromatic N) is 1. The largest absolute Gasteiger partial charge is 0.312 e. The molecule has 1 aliphatic rings. The fourth-order valence-corrected chi connectivity index (χ4v) is 1.99. The van der Waals surface area contributed by atoms with Crippen LogP contribution in [0.1, 0.15) is 30.7 Å². The van der Waals surface area contributed by atoms with Gasteiger partial charge in [-0.15, -0.1) is 11.6 Å². The molecule has 3 heteroatoms. The summed E-state index contributed by atoms with van der Waals surface area (Å²) in [4.78, 5) is 13.3. The summed E-state index contributed by atoms with van der Waals surface area (Å²) in [7, 11) is 0. The van der Waals surface area contributed by atoms with Gasteiger partial charge in [0, 0.05) is 18.7 Å². The fraction of sp³-hybridized carbons (Fsp3) is 0.417. The van der Waals surface area contributed by atoms with E-state index in [1.807, 2.05) is 36.1 Å². The smallest absolute Gasteiger partial charge is 0.227 e. The van der Waals surface area contributed by atoms with Crippen LogP contribution < -0.4 is 4.90 Å². The predicted octanol–water partition coefficient (Wildman–Crippen LogP) is 3.11. The highest BCUT2D eigenvalue weighted by atomic mass is 35.5. The van der Waals surface area contributed by atoms with Gasteiger partial charge in [-0.1, -0.05) is 12.1 Å². The minimum atomic E-state index is 0.0216. The second-order valence-corrected chi connectivity index (χ2v) is 4.51. The van der Waals surface area contributed by atoms with Crippen LogP contribution in [0, 0.1) is 0 Å². The van der Waals surface area contributed by atoms with Crippen molar-refractivity contribution in [1.82, 2.24) is 0 Å². The molecule has 80 valence electrons. The summed E-state index contributed by atoms with van der Waals surface area (Å²) in [6.07, 6.45) is 1.64. The number of carbonyl (C=O) groups excluding carboxylic acids is 1. The van der Waals surface area contributed by atoms with Crippen LogP contribution in [0.25, 0.3) is 0 Å². The Morgan fingerprint density at radius 2 is 2.00 bits per heavy atom. The number of hydrogen-bond donors (Lipinski definition) is 0. The van der Waals surface area contributed by atoms with Crippen molar-refractivity contribution in [3.63, 3.8) is 0 Å².